The van der Waals surface area contributed by atoms with Gasteiger partial charge in [0.2, 0.25) is 11.7 Å². The van der Waals surface area contributed by atoms with Crippen molar-refractivity contribution in [3.63, 3.8) is 0 Å². The van der Waals surface area contributed by atoms with Gasteiger partial charge in [0.15, 0.2) is 0 Å². The molecule has 1 N–H and O–H groups in total. The van der Waals surface area contributed by atoms with E-state index in [9.17, 15) is 14.9 Å². The lowest BCUT2D eigenvalue weighted by Gasteiger charge is -2.21. The van der Waals surface area contributed by atoms with E-state index in [1.807, 2.05) is 6.92 Å². The predicted octanol–water partition coefficient (Wildman–Crippen LogP) is 3.16. The maximum atomic E-state index is 12.2. The number of nitrogens with zero attached hydrogens (tertiary/aromatic N) is 2. The Kier molecular flexibility index (Phi) is 3.71. The van der Waals surface area contributed by atoms with Crippen LogP contribution < -0.4 is 5.32 Å². The highest BCUT2D eigenvalue weighted by atomic mass is 35.5. The van der Waals surface area contributed by atoms with Crippen LogP contribution in [0.4, 0.5) is 11.5 Å². The molecule has 1 saturated carbocycles. The molecule has 1 aromatic rings. The zero-order valence-electron chi connectivity index (χ0n) is 10.5. The van der Waals surface area contributed by atoms with Crippen LogP contribution in [0, 0.1) is 15.5 Å². The molecule has 7 heteroatoms. The lowest BCUT2D eigenvalue weighted by atomic mass is 9.88. The van der Waals surface area contributed by atoms with Crippen molar-refractivity contribution in [1.82, 2.24) is 4.98 Å². The highest BCUT2D eigenvalue weighted by Gasteiger charge is 2.37. The van der Waals surface area contributed by atoms with Gasteiger partial charge in [-0.3, -0.25) is 14.9 Å². The summed E-state index contributed by atoms with van der Waals surface area (Å²) in [5, 5.41) is 13.5. The fourth-order valence-corrected chi connectivity index (χ4v) is 2.46. The second-order valence-corrected chi connectivity index (χ2v) is 5.37. The van der Waals surface area contributed by atoms with Gasteiger partial charge in [-0.05, 0) is 18.9 Å². The van der Waals surface area contributed by atoms with Crippen LogP contribution in [0.2, 0.25) is 5.15 Å². The quantitative estimate of drug-likeness (QED) is 0.524. The topological polar surface area (TPSA) is 85.1 Å². The molecule has 0 saturated heterocycles. The third kappa shape index (κ3) is 2.84. The SMILES string of the molecule is CC1(C(=O)Nc2nc(Cl)ccc2[N+](=O)[O-])CCCC1. The number of carbonyl (C=O) groups excluding carboxylic acids is 1. The van der Waals surface area contributed by atoms with Crippen LogP contribution in [0.15, 0.2) is 12.1 Å². The van der Waals surface area contributed by atoms with Gasteiger partial charge in [-0.2, -0.15) is 0 Å². The van der Waals surface area contributed by atoms with Gasteiger partial charge in [0.1, 0.15) is 5.15 Å². The first kappa shape index (κ1) is 13.7. The lowest BCUT2D eigenvalue weighted by molar-refractivity contribution is -0.384. The van der Waals surface area contributed by atoms with Crippen molar-refractivity contribution in [2.24, 2.45) is 5.41 Å². The smallest absolute Gasteiger partial charge is 0.304 e. The molecule has 1 fully saturated rings. The molecule has 0 aromatic carbocycles. The molecule has 0 unspecified atom stereocenters. The number of aromatic nitrogens is 1. The molecular formula is C12H14ClN3O3. The summed E-state index contributed by atoms with van der Waals surface area (Å²) < 4.78 is 0. The molecule has 102 valence electrons. The first-order chi connectivity index (χ1) is 8.92. The molecule has 19 heavy (non-hydrogen) atoms. The number of carbonyl (C=O) groups is 1. The van der Waals surface area contributed by atoms with Crippen LogP contribution in [0.3, 0.4) is 0 Å². The van der Waals surface area contributed by atoms with Gasteiger partial charge in [0.05, 0.1) is 4.92 Å². The Morgan fingerprint density at radius 2 is 2.11 bits per heavy atom. The summed E-state index contributed by atoms with van der Waals surface area (Å²) >= 11 is 5.71. The van der Waals surface area contributed by atoms with Crippen LogP contribution in [0.5, 0.6) is 0 Å². The maximum Gasteiger partial charge on any atom is 0.311 e. The Bertz CT molecular complexity index is 527. The Morgan fingerprint density at radius 3 is 2.68 bits per heavy atom. The molecule has 0 spiro atoms. The highest BCUT2D eigenvalue weighted by molar-refractivity contribution is 6.29. The van der Waals surface area contributed by atoms with Gasteiger partial charge in [-0.1, -0.05) is 31.4 Å². The standard InChI is InChI=1S/C12H14ClN3O3/c1-12(6-2-3-7-12)11(17)15-10-8(16(18)19)4-5-9(13)14-10/h4-5H,2-3,6-7H2,1H3,(H,14,15,17). The number of hydrogen-bond donors (Lipinski definition) is 1. The monoisotopic (exact) mass is 283 g/mol. The number of nitro groups is 1. The zero-order chi connectivity index (χ0) is 14.0. The molecule has 1 heterocycles. The molecule has 1 amide bonds. The average molecular weight is 284 g/mol. The van der Waals surface area contributed by atoms with Crippen LogP contribution in [0.25, 0.3) is 0 Å². The van der Waals surface area contributed by atoms with Crippen LogP contribution in [-0.4, -0.2) is 15.8 Å². The fourth-order valence-electron chi connectivity index (χ4n) is 2.31. The zero-order valence-corrected chi connectivity index (χ0v) is 11.2. The minimum absolute atomic E-state index is 0.0874. The first-order valence-corrected chi connectivity index (χ1v) is 6.42. The molecule has 2 rings (SSSR count). The van der Waals surface area contributed by atoms with Crippen molar-refractivity contribution in [3.8, 4) is 0 Å². The minimum atomic E-state index is -0.587. The lowest BCUT2D eigenvalue weighted by Crippen LogP contribution is -2.31. The van der Waals surface area contributed by atoms with E-state index in [4.69, 9.17) is 11.6 Å². The number of nitrogens with one attached hydrogen (secondary N) is 1. The van der Waals surface area contributed by atoms with Crippen molar-refractivity contribution in [2.45, 2.75) is 32.6 Å². The van der Waals surface area contributed by atoms with E-state index in [0.29, 0.717) is 0 Å². The number of halogens is 1. The number of hydrogen-bond acceptors (Lipinski definition) is 4. The van der Waals surface area contributed by atoms with E-state index < -0.39 is 10.3 Å². The van der Waals surface area contributed by atoms with Crippen molar-refractivity contribution >= 4 is 29.0 Å². The first-order valence-electron chi connectivity index (χ1n) is 6.05. The highest BCUT2D eigenvalue weighted by Crippen LogP contribution is 2.39. The molecule has 1 aliphatic rings. The molecule has 0 atom stereocenters. The fraction of sp³-hybridized carbons (Fsp3) is 0.500. The molecule has 0 radical (unpaired) electrons. The average Bonchev–Trinajstić information content (AvgIpc) is 2.77. The summed E-state index contributed by atoms with van der Waals surface area (Å²) in [5.41, 5.74) is -0.725. The molecule has 1 aromatic heterocycles. The third-order valence-electron chi connectivity index (χ3n) is 3.52. The van der Waals surface area contributed by atoms with E-state index in [1.165, 1.54) is 12.1 Å². The van der Waals surface area contributed by atoms with Gasteiger partial charge in [-0.25, -0.2) is 4.98 Å². The van der Waals surface area contributed by atoms with Crippen LogP contribution >= 0.6 is 11.6 Å². The normalized spacial score (nSPS) is 17.2. The molecule has 1 aliphatic carbocycles. The van der Waals surface area contributed by atoms with Crippen LogP contribution in [-0.2, 0) is 4.79 Å². The number of anilines is 1. The maximum absolute atomic E-state index is 12.2. The Balaban J connectivity index is 2.25. The van der Waals surface area contributed by atoms with Crippen molar-refractivity contribution in [1.29, 1.82) is 0 Å². The predicted molar refractivity (Wildman–Crippen MR) is 71.1 cm³/mol. The van der Waals surface area contributed by atoms with Gasteiger partial charge < -0.3 is 5.32 Å². The number of rotatable bonds is 3. The molecule has 6 nitrogen and oxygen atoms in total. The van der Waals surface area contributed by atoms with Crippen molar-refractivity contribution in [3.05, 3.63) is 27.4 Å². The van der Waals surface area contributed by atoms with Gasteiger partial charge in [-0.15, -0.1) is 0 Å². The van der Waals surface area contributed by atoms with Gasteiger partial charge in [0.25, 0.3) is 0 Å². The summed E-state index contributed by atoms with van der Waals surface area (Å²) in [6.45, 7) is 1.87. The minimum Gasteiger partial charge on any atom is -0.304 e. The summed E-state index contributed by atoms with van der Waals surface area (Å²) in [5.74, 6) is -0.321. The van der Waals surface area contributed by atoms with E-state index in [1.54, 1.807) is 0 Å². The summed E-state index contributed by atoms with van der Waals surface area (Å²) in [7, 11) is 0. The second-order valence-electron chi connectivity index (χ2n) is 4.98. The Hall–Kier alpha value is -1.69. The van der Waals surface area contributed by atoms with Crippen molar-refractivity contribution in [2.75, 3.05) is 5.32 Å². The molecule has 0 aliphatic heterocycles. The Labute approximate surface area is 115 Å². The number of pyridine rings is 1. The van der Waals surface area contributed by atoms with Crippen LogP contribution in [0.1, 0.15) is 32.6 Å². The largest absolute Gasteiger partial charge is 0.311 e. The summed E-state index contributed by atoms with van der Waals surface area (Å²) in [4.78, 5) is 26.3. The second kappa shape index (κ2) is 5.13. The Morgan fingerprint density at radius 1 is 1.47 bits per heavy atom. The van der Waals surface area contributed by atoms with E-state index >= 15 is 0 Å². The van der Waals surface area contributed by atoms with Crippen molar-refractivity contribution < 1.29 is 9.72 Å². The molecule has 0 bridgehead atoms. The molecular weight excluding hydrogens is 270 g/mol. The van der Waals surface area contributed by atoms with Gasteiger partial charge in [0, 0.05) is 11.5 Å². The number of amides is 1. The summed E-state index contributed by atoms with van der Waals surface area (Å²) in [6.07, 6.45) is 3.56. The summed E-state index contributed by atoms with van der Waals surface area (Å²) in [6, 6.07) is 2.56. The van der Waals surface area contributed by atoms with E-state index in [-0.39, 0.29) is 22.6 Å². The van der Waals surface area contributed by atoms with Gasteiger partial charge >= 0.3 is 5.69 Å². The van der Waals surface area contributed by atoms with E-state index in [2.05, 4.69) is 10.3 Å². The van der Waals surface area contributed by atoms with E-state index in [0.717, 1.165) is 25.7 Å². The third-order valence-corrected chi connectivity index (χ3v) is 3.73.